The lowest BCUT2D eigenvalue weighted by Gasteiger charge is -2.18. The van der Waals surface area contributed by atoms with Crippen molar-refractivity contribution in [2.45, 2.75) is 296 Å². The van der Waals surface area contributed by atoms with Crippen LogP contribution in [0, 0.1) is 0 Å². The van der Waals surface area contributed by atoms with E-state index in [1.54, 1.807) is 0 Å². The molecule has 12 heteroatoms. The number of nitrogens with one attached hydrogen (secondary N) is 1. The second kappa shape index (κ2) is 53.0. The van der Waals surface area contributed by atoms with Gasteiger partial charge in [-0.2, -0.15) is 0 Å². The maximum absolute atomic E-state index is 12.4. The number of aliphatic hydroxyl groups excluding tert-OH is 1. The molecule has 0 radical (unpaired) electrons. The molecule has 1 amide bonds. The lowest BCUT2D eigenvalue weighted by Crippen LogP contribution is -2.43. The summed E-state index contributed by atoms with van der Waals surface area (Å²) in [6.45, 7) is 2.63. The Morgan fingerprint density at radius 2 is 0.786 bits per heavy atom. The van der Waals surface area contributed by atoms with E-state index in [-0.39, 0.29) is 12.8 Å². The number of aliphatic carboxylic acids is 1. The second-order valence-corrected chi connectivity index (χ2v) is 21.3. The van der Waals surface area contributed by atoms with E-state index in [9.17, 15) is 34.1 Å². The molecule has 3 atom stereocenters. The highest BCUT2D eigenvalue weighted by Crippen LogP contribution is 2.43. The molecular weight excluding hydrogens is 902 g/mol. The van der Waals surface area contributed by atoms with E-state index in [4.69, 9.17) is 13.8 Å². The summed E-state index contributed by atoms with van der Waals surface area (Å²) in [6.07, 6.45) is 61.7. The number of carbonyl (C=O) groups excluding carboxylic acids is 2. The highest BCUT2D eigenvalue weighted by Gasteiger charge is 2.28. The molecule has 0 bridgehead atoms. The summed E-state index contributed by atoms with van der Waals surface area (Å²) >= 11 is 0. The number of hydrogen-bond donors (Lipinski definition) is 4. The Hall–Kier alpha value is -2.30. The molecule has 0 aliphatic heterocycles. The molecule has 3 unspecified atom stereocenters. The summed E-state index contributed by atoms with van der Waals surface area (Å²) in [5, 5.41) is 22.0. The van der Waals surface area contributed by atoms with Gasteiger partial charge in [-0.3, -0.25) is 18.6 Å². The standard InChI is InChI=1S/C58H108NO10P/c1-3-5-7-9-11-13-15-17-19-21-23-25-27-29-31-33-35-37-39-41-43-45-47-49-56(61)59-55(58(63)64)53-69-70(65,66)68-52-54(60)51-67-57(62)50-48-46-44-42-40-38-36-34-32-30-28-26-24-22-20-18-16-14-12-10-8-6-4-2/h12,14,18,20,24,26,54-55,60H,3-11,13,15-17,19,21-23,25,27-53H2,1-2H3,(H,59,61)(H,63,64)(H,65,66)/b14-12-,20-18-,26-24-. The van der Waals surface area contributed by atoms with E-state index < -0.39 is 57.6 Å². The molecule has 0 aromatic carbocycles. The van der Waals surface area contributed by atoms with Gasteiger partial charge >= 0.3 is 19.8 Å². The minimum Gasteiger partial charge on any atom is -0.480 e. The van der Waals surface area contributed by atoms with E-state index in [0.29, 0.717) is 12.8 Å². The van der Waals surface area contributed by atoms with E-state index in [2.05, 4.69) is 55.6 Å². The van der Waals surface area contributed by atoms with Crippen LogP contribution in [0.15, 0.2) is 36.5 Å². The van der Waals surface area contributed by atoms with Gasteiger partial charge in [0.05, 0.1) is 13.2 Å². The molecule has 70 heavy (non-hydrogen) atoms. The number of phosphoric ester groups is 1. The Bertz CT molecular complexity index is 1320. The quantitative estimate of drug-likeness (QED) is 0.0199. The number of allylic oxidation sites excluding steroid dienone is 6. The zero-order chi connectivity index (χ0) is 51.3. The summed E-state index contributed by atoms with van der Waals surface area (Å²) < 4.78 is 27.0. The Morgan fingerprint density at radius 3 is 1.20 bits per heavy atom. The van der Waals surface area contributed by atoms with Gasteiger partial charge in [-0.25, -0.2) is 9.36 Å². The first kappa shape index (κ1) is 67.7. The second-order valence-electron chi connectivity index (χ2n) is 19.8. The van der Waals surface area contributed by atoms with Gasteiger partial charge in [0.15, 0.2) is 6.04 Å². The van der Waals surface area contributed by atoms with Crippen molar-refractivity contribution in [2.75, 3.05) is 19.8 Å². The van der Waals surface area contributed by atoms with Crippen LogP contribution >= 0.6 is 7.82 Å². The molecule has 0 aliphatic rings. The first-order valence-corrected chi connectivity index (χ1v) is 30.5. The largest absolute Gasteiger partial charge is 0.480 e. The fraction of sp³-hybridized carbons (Fsp3) is 0.845. The molecule has 0 aliphatic carbocycles. The summed E-state index contributed by atoms with van der Waals surface area (Å²) in [5.41, 5.74) is 0. The minimum absolute atomic E-state index is 0.150. The molecule has 0 aromatic rings. The van der Waals surface area contributed by atoms with Gasteiger partial charge in [0.1, 0.15) is 12.7 Å². The summed E-state index contributed by atoms with van der Waals surface area (Å²) in [4.78, 5) is 46.3. The van der Waals surface area contributed by atoms with Crippen LogP contribution in [-0.4, -0.2) is 64.9 Å². The van der Waals surface area contributed by atoms with Crippen molar-refractivity contribution >= 4 is 25.7 Å². The molecule has 0 rings (SSSR count). The molecule has 0 fully saturated rings. The van der Waals surface area contributed by atoms with Gasteiger partial charge in [-0.05, 0) is 51.4 Å². The molecule has 0 aromatic heterocycles. The molecule has 0 saturated heterocycles. The smallest absolute Gasteiger partial charge is 0.472 e. The number of carbonyl (C=O) groups is 3. The normalized spacial score (nSPS) is 13.7. The fourth-order valence-electron chi connectivity index (χ4n) is 8.44. The van der Waals surface area contributed by atoms with Crippen molar-refractivity contribution in [3.05, 3.63) is 36.5 Å². The third-order valence-electron chi connectivity index (χ3n) is 12.9. The van der Waals surface area contributed by atoms with Gasteiger partial charge in [0.25, 0.3) is 0 Å². The Labute approximate surface area is 429 Å². The zero-order valence-corrected chi connectivity index (χ0v) is 46.0. The molecule has 0 heterocycles. The number of carboxylic acid groups (broad SMARTS) is 1. The van der Waals surface area contributed by atoms with E-state index in [0.717, 1.165) is 57.8 Å². The molecular formula is C58H108NO10P. The lowest BCUT2D eigenvalue weighted by molar-refractivity contribution is -0.147. The van der Waals surface area contributed by atoms with Crippen molar-refractivity contribution in [1.82, 2.24) is 5.32 Å². The molecule has 0 spiro atoms. The van der Waals surface area contributed by atoms with Gasteiger partial charge in [0, 0.05) is 12.8 Å². The van der Waals surface area contributed by atoms with Crippen LogP contribution in [0.3, 0.4) is 0 Å². The number of hydrogen-bond acceptors (Lipinski definition) is 8. The Morgan fingerprint density at radius 1 is 0.457 bits per heavy atom. The van der Waals surface area contributed by atoms with Crippen molar-refractivity contribution < 1.29 is 47.8 Å². The average Bonchev–Trinajstić information content (AvgIpc) is 3.34. The molecule has 4 N–H and O–H groups in total. The SMILES string of the molecule is CCCCC/C=C\C/C=C\C/C=C\CCCCCCCCCCCCC(=O)OCC(O)COP(=O)(O)OCC(NC(=O)CCCCCCCCCCCCCCCCCCCCCCCCC)C(=O)O. The maximum Gasteiger partial charge on any atom is 0.472 e. The first-order valence-electron chi connectivity index (χ1n) is 29.0. The number of amides is 1. The van der Waals surface area contributed by atoms with Gasteiger partial charge in [-0.1, -0.05) is 256 Å². The van der Waals surface area contributed by atoms with Crippen molar-refractivity contribution in [2.24, 2.45) is 0 Å². The monoisotopic (exact) mass is 1010 g/mol. The van der Waals surface area contributed by atoms with Crippen LogP contribution in [-0.2, 0) is 32.7 Å². The highest BCUT2D eigenvalue weighted by molar-refractivity contribution is 7.47. The average molecular weight is 1010 g/mol. The number of phosphoric acid groups is 1. The van der Waals surface area contributed by atoms with Crippen LogP contribution < -0.4 is 5.32 Å². The number of aliphatic hydroxyl groups is 1. The topological polar surface area (TPSA) is 169 Å². The zero-order valence-electron chi connectivity index (χ0n) is 45.1. The summed E-state index contributed by atoms with van der Waals surface area (Å²) in [5.74, 6) is -2.36. The predicted molar refractivity (Wildman–Crippen MR) is 291 cm³/mol. The van der Waals surface area contributed by atoms with Gasteiger partial charge in [-0.15, -0.1) is 0 Å². The number of esters is 1. The molecule has 0 saturated carbocycles. The van der Waals surface area contributed by atoms with Crippen LogP contribution in [0.1, 0.15) is 284 Å². The van der Waals surface area contributed by atoms with Crippen LogP contribution in [0.5, 0.6) is 0 Å². The number of ether oxygens (including phenoxy) is 1. The van der Waals surface area contributed by atoms with Crippen molar-refractivity contribution in [1.29, 1.82) is 0 Å². The fourth-order valence-corrected chi connectivity index (χ4v) is 9.22. The molecule has 410 valence electrons. The third-order valence-corrected chi connectivity index (χ3v) is 13.9. The minimum atomic E-state index is -4.77. The summed E-state index contributed by atoms with van der Waals surface area (Å²) in [7, 11) is -4.77. The van der Waals surface area contributed by atoms with Crippen LogP contribution in [0.2, 0.25) is 0 Å². The van der Waals surface area contributed by atoms with E-state index in [1.165, 1.54) is 186 Å². The molecule has 11 nitrogen and oxygen atoms in total. The third kappa shape index (κ3) is 52.0. The van der Waals surface area contributed by atoms with Crippen LogP contribution in [0.25, 0.3) is 0 Å². The van der Waals surface area contributed by atoms with E-state index >= 15 is 0 Å². The van der Waals surface area contributed by atoms with Crippen molar-refractivity contribution in [3.8, 4) is 0 Å². The first-order chi connectivity index (χ1) is 34.1. The number of carboxylic acids is 1. The van der Waals surface area contributed by atoms with Gasteiger partial charge in [0.2, 0.25) is 5.91 Å². The lowest BCUT2D eigenvalue weighted by atomic mass is 10.0. The van der Waals surface area contributed by atoms with Crippen molar-refractivity contribution in [3.63, 3.8) is 0 Å². The number of rotatable bonds is 55. The van der Waals surface area contributed by atoms with Crippen LogP contribution in [0.4, 0.5) is 0 Å². The highest BCUT2D eigenvalue weighted by atomic mass is 31.2. The Kier molecular flexibility index (Phi) is 51.3. The number of unbranched alkanes of at least 4 members (excludes halogenated alkanes) is 35. The van der Waals surface area contributed by atoms with Gasteiger partial charge < -0.3 is 25.2 Å². The Balaban J connectivity index is 3.76. The maximum atomic E-state index is 12.4. The summed E-state index contributed by atoms with van der Waals surface area (Å²) in [6, 6.07) is -1.55. The van der Waals surface area contributed by atoms with E-state index in [1.807, 2.05) is 0 Å². The predicted octanol–water partition coefficient (Wildman–Crippen LogP) is 16.7.